The van der Waals surface area contributed by atoms with Gasteiger partial charge in [-0.2, -0.15) is 0 Å². The average Bonchev–Trinajstić information content (AvgIpc) is 3.28. The number of hydrogen-bond donors (Lipinski definition) is 1. The summed E-state index contributed by atoms with van der Waals surface area (Å²) < 4.78 is 7.43. The number of carbonyl (C=O) groups excluding carboxylic acids is 1. The van der Waals surface area contributed by atoms with Gasteiger partial charge in [0.15, 0.2) is 5.50 Å². The molecule has 1 saturated carbocycles. The maximum absolute atomic E-state index is 14.2. The number of para-hydroxylation sites is 1. The summed E-state index contributed by atoms with van der Waals surface area (Å²) >= 11 is 5.12. The van der Waals surface area contributed by atoms with Crippen molar-refractivity contribution in [2.75, 3.05) is 5.32 Å². The summed E-state index contributed by atoms with van der Waals surface area (Å²) in [4.78, 5) is 17.0. The second-order valence-corrected chi connectivity index (χ2v) is 12.7. The zero-order valence-electron chi connectivity index (χ0n) is 22.6. The first-order valence-electron chi connectivity index (χ1n) is 14.0. The number of carbonyl (C=O) groups is 1. The number of ether oxygens (including phenoxy) is 1. The van der Waals surface area contributed by atoms with Gasteiger partial charge in [0, 0.05) is 21.8 Å². The van der Waals surface area contributed by atoms with E-state index in [9.17, 15) is 4.79 Å². The fraction of sp³-hybridized carbons (Fsp3) is 0.265. The molecule has 2 aliphatic rings. The Labute approximate surface area is 248 Å². The number of nitrogens with zero attached hydrogens (tertiary/aromatic N) is 1. The highest BCUT2D eigenvalue weighted by Gasteiger charge is 2.43. The molecule has 4 nitrogen and oxygen atoms in total. The molecule has 40 heavy (non-hydrogen) atoms. The van der Waals surface area contributed by atoms with E-state index in [2.05, 4.69) is 81.6 Å². The van der Waals surface area contributed by atoms with Crippen LogP contribution >= 0.6 is 27.7 Å². The van der Waals surface area contributed by atoms with E-state index in [1.807, 2.05) is 48.5 Å². The fourth-order valence-corrected chi connectivity index (χ4v) is 7.25. The highest BCUT2D eigenvalue weighted by molar-refractivity contribution is 9.10. The number of nitrogens with one attached hydrogen (secondary N) is 1. The summed E-state index contributed by atoms with van der Waals surface area (Å²) in [6, 6.07) is 31.0. The van der Waals surface area contributed by atoms with Crippen molar-refractivity contribution >= 4 is 56.1 Å². The Balaban J connectivity index is 1.37. The van der Waals surface area contributed by atoms with Crippen LogP contribution in [0.3, 0.4) is 0 Å². The Morgan fingerprint density at radius 2 is 1.70 bits per heavy atom. The molecule has 1 aliphatic carbocycles. The number of thioether (sulfide) groups is 1. The van der Waals surface area contributed by atoms with Gasteiger partial charge in [0.25, 0.3) is 5.91 Å². The van der Waals surface area contributed by atoms with Crippen LogP contribution < -0.4 is 10.1 Å². The number of benzene rings is 4. The molecule has 1 heterocycles. The molecular formula is C34H33BrN2O2S. The third-order valence-electron chi connectivity index (χ3n) is 7.94. The Morgan fingerprint density at radius 3 is 2.50 bits per heavy atom. The zero-order valence-corrected chi connectivity index (χ0v) is 25.0. The Hall–Kier alpha value is -3.22. The first-order valence-corrected chi connectivity index (χ1v) is 15.7. The minimum Gasteiger partial charge on any atom is -0.488 e. The average molecular weight is 614 g/mol. The second-order valence-electron chi connectivity index (χ2n) is 10.6. The van der Waals surface area contributed by atoms with Gasteiger partial charge in [0.2, 0.25) is 0 Å². The van der Waals surface area contributed by atoms with Crippen LogP contribution in [0.15, 0.2) is 100 Å². The van der Waals surface area contributed by atoms with Gasteiger partial charge in [-0.15, -0.1) is 0 Å². The van der Waals surface area contributed by atoms with E-state index in [0.717, 1.165) is 62.0 Å². The SMILES string of the molecule is C[C@@H]1CCCC[C@@H]1N1C(=O)/C(=C/c2c(OCc3ccc(Br)cc3)ccc3ccccc23)SC1Nc1ccccc1. The predicted molar refractivity (Wildman–Crippen MR) is 170 cm³/mol. The van der Waals surface area contributed by atoms with Crippen LogP contribution in [0.5, 0.6) is 5.75 Å². The quantitative estimate of drug-likeness (QED) is 0.211. The van der Waals surface area contributed by atoms with Crippen LogP contribution in [0.1, 0.15) is 43.7 Å². The van der Waals surface area contributed by atoms with Gasteiger partial charge in [-0.05, 0) is 71.5 Å². The molecule has 2 fully saturated rings. The van der Waals surface area contributed by atoms with Crippen molar-refractivity contribution in [3.05, 3.63) is 112 Å². The first-order chi connectivity index (χ1) is 19.6. The molecule has 1 N–H and O–H groups in total. The van der Waals surface area contributed by atoms with Gasteiger partial charge < -0.3 is 15.0 Å². The van der Waals surface area contributed by atoms with Crippen LogP contribution in [-0.4, -0.2) is 22.3 Å². The highest BCUT2D eigenvalue weighted by Crippen LogP contribution is 2.43. The number of fused-ring (bicyclic) bond motifs is 1. The molecule has 0 spiro atoms. The fourth-order valence-electron chi connectivity index (χ4n) is 5.79. The van der Waals surface area contributed by atoms with Gasteiger partial charge in [0.1, 0.15) is 12.4 Å². The molecule has 3 atom stereocenters. The van der Waals surface area contributed by atoms with E-state index in [1.165, 1.54) is 6.42 Å². The van der Waals surface area contributed by atoms with E-state index in [1.54, 1.807) is 11.8 Å². The molecule has 1 amide bonds. The lowest BCUT2D eigenvalue weighted by Gasteiger charge is -2.39. The molecule has 1 unspecified atom stereocenters. The van der Waals surface area contributed by atoms with E-state index in [0.29, 0.717) is 12.5 Å². The monoisotopic (exact) mass is 612 g/mol. The lowest BCUT2D eigenvalue weighted by molar-refractivity contribution is -0.129. The smallest absolute Gasteiger partial charge is 0.262 e. The van der Waals surface area contributed by atoms with Gasteiger partial charge in [-0.25, -0.2) is 0 Å². The summed E-state index contributed by atoms with van der Waals surface area (Å²) in [5, 5.41) is 5.85. The van der Waals surface area contributed by atoms with E-state index in [4.69, 9.17) is 4.74 Å². The normalized spacial score (nSPS) is 22.1. The lowest BCUT2D eigenvalue weighted by atomic mass is 9.85. The second kappa shape index (κ2) is 12.1. The molecule has 0 aromatic heterocycles. The number of anilines is 1. The van der Waals surface area contributed by atoms with Crippen molar-refractivity contribution in [3.8, 4) is 5.75 Å². The molecule has 4 aromatic rings. The highest BCUT2D eigenvalue weighted by atomic mass is 79.9. The molecule has 6 rings (SSSR count). The minimum absolute atomic E-state index is 0.101. The topological polar surface area (TPSA) is 41.6 Å². The number of halogens is 1. The van der Waals surface area contributed by atoms with Gasteiger partial charge in [-0.1, -0.05) is 108 Å². The number of amides is 1. The van der Waals surface area contributed by atoms with Gasteiger partial charge in [-0.3, -0.25) is 4.79 Å². The van der Waals surface area contributed by atoms with Crippen molar-refractivity contribution in [2.24, 2.45) is 5.92 Å². The third-order valence-corrected chi connectivity index (χ3v) is 9.58. The summed E-state index contributed by atoms with van der Waals surface area (Å²) in [5.41, 5.74) is 2.90. The molecule has 4 aromatic carbocycles. The summed E-state index contributed by atoms with van der Waals surface area (Å²) in [6.45, 7) is 2.74. The minimum atomic E-state index is -0.159. The van der Waals surface area contributed by atoms with E-state index >= 15 is 0 Å². The largest absolute Gasteiger partial charge is 0.488 e. The lowest BCUT2D eigenvalue weighted by Crippen LogP contribution is -2.48. The molecule has 6 heteroatoms. The summed E-state index contributed by atoms with van der Waals surface area (Å²) in [7, 11) is 0. The van der Waals surface area contributed by atoms with Crippen LogP contribution in [0.2, 0.25) is 0 Å². The van der Waals surface area contributed by atoms with E-state index < -0.39 is 0 Å². The van der Waals surface area contributed by atoms with Crippen LogP contribution in [0.4, 0.5) is 5.69 Å². The maximum atomic E-state index is 14.2. The molecule has 1 saturated heterocycles. The number of rotatable bonds is 7. The Bertz CT molecular complexity index is 1520. The molecule has 204 valence electrons. The van der Waals surface area contributed by atoms with Crippen LogP contribution in [-0.2, 0) is 11.4 Å². The molecule has 0 bridgehead atoms. The number of hydrogen-bond acceptors (Lipinski definition) is 4. The maximum Gasteiger partial charge on any atom is 0.262 e. The summed E-state index contributed by atoms with van der Waals surface area (Å²) in [6.07, 6.45) is 6.66. The zero-order chi connectivity index (χ0) is 27.5. The molecule has 1 aliphatic heterocycles. The molecular weight excluding hydrogens is 580 g/mol. The molecule has 0 radical (unpaired) electrons. The predicted octanol–water partition coefficient (Wildman–Crippen LogP) is 9.07. The van der Waals surface area contributed by atoms with Crippen LogP contribution in [0.25, 0.3) is 16.8 Å². The van der Waals surface area contributed by atoms with Crippen molar-refractivity contribution in [1.29, 1.82) is 0 Å². The first kappa shape index (κ1) is 27.0. The standard InChI is InChI=1S/C34H33BrN2O2S/c1-23-9-5-8-14-30(23)37-33(38)32(40-34(37)36-27-11-3-2-4-12-27)21-29-28-13-7-6-10-25(28)17-20-31(29)39-22-24-15-18-26(35)19-16-24/h2-4,6-7,10-13,15-21,23,30,34,36H,5,8-9,14,22H2,1H3/b32-21-/t23-,30+,34?/m1/s1. The van der Waals surface area contributed by atoms with E-state index in [-0.39, 0.29) is 17.4 Å². The third kappa shape index (κ3) is 5.79. The van der Waals surface area contributed by atoms with Crippen molar-refractivity contribution in [2.45, 2.75) is 50.8 Å². The van der Waals surface area contributed by atoms with Crippen molar-refractivity contribution in [1.82, 2.24) is 4.90 Å². The summed E-state index contributed by atoms with van der Waals surface area (Å²) in [5.74, 6) is 1.35. The van der Waals surface area contributed by atoms with Crippen molar-refractivity contribution < 1.29 is 9.53 Å². The Kier molecular flexibility index (Phi) is 8.17. The Morgan fingerprint density at radius 1 is 0.950 bits per heavy atom. The van der Waals surface area contributed by atoms with Gasteiger partial charge >= 0.3 is 0 Å². The van der Waals surface area contributed by atoms with Gasteiger partial charge in [0.05, 0.1) is 4.91 Å². The van der Waals surface area contributed by atoms with Crippen LogP contribution in [0, 0.1) is 5.92 Å². The van der Waals surface area contributed by atoms with Crippen molar-refractivity contribution in [3.63, 3.8) is 0 Å².